The number of hydrogen-bond donors (Lipinski definition) is 0. The average molecular weight is 559 g/mol. The van der Waals surface area contributed by atoms with Crippen molar-refractivity contribution in [3.63, 3.8) is 0 Å². The maximum absolute atomic E-state index is 14.0. The van der Waals surface area contributed by atoms with E-state index in [1.165, 1.54) is 0 Å². The first-order chi connectivity index (χ1) is 18.9. The normalized spacial score (nSPS) is 45.8. The molecule has 8 aliphatic rings. The number of cyclic esters (lactones) is 1. The maximum Gasteiger partial charge on any atom is 0.347 e. The molecule has 8 unspecified atom stereocenters. The highest BCUT2D eigenvalue weighted by Gasteiger charge is 2.76. The lowest BCUT2D eigenvalue weighted by molar-refractivity contribution is -0.221. The second kappa shape index (κ2) is 8.44. The van der Waals surface area contributed by atoms with E-state index in [4.69, 9.17) is 23.7 Å². The van der Waals surface area contributed by atoms with Crippen molar-refractivity contribution in [3.05, 3.63) is 0 Å². The van der Waals surface area contributed by atoms with Crippen LogP contribution in [0.2, 0.25) is 0 Å². The molecule has 10 heteroatoms. The van der Waals surface area contributed by atoms with Crippen LogP contribution in [0.4, 0.5) is 0 Å². The van der Waals surface area contributed by atoms with E-state index in [-0.39, 0.29) is 42.7 Å². The third-order valence-electron chi connectivity index (χ3n) is 11.5. The van der Waals surface area contributed by atoms with Crippen LogP contribution in [0.15, 0.2) is 0 Å². The Labute approximate surface area is 233 Å². The molecule has 2 saturated heterocycles. The summed E-state index contributed by atoms with van der Waals surface area (Å²) in [5.41, 5.74) is -3.68. The lowest BCUT2D eigenvalue weighted by Crippen LogP contribution is -2.61. The third kappa shape index (κ3) is 3.55. The zero-order valence-corrected chi connectivity index (χ0v) is 23.4. The summed E-state index contributed by atoms with van der Waals surface area (Å²) in [5, 5.41) is 0. The minimum Gasteiger partial charge on any atom is -0.463 e. The topological polar surface area (TPSA) is 132 Å². The molecule has 10 nitrogen and oxygen atoms in total. The zero-order valence-electron chi connectivity index (χ0n) is 23.4. The van der Waals surface area contributed by atoms with Crippen LogP contribution >= 0.6 is 0 Å². The highest BCUT2D eigenvalue weighted by Crippen LogP contribution is 2.66. The number of carbonyl (C=O) groups is 5. The number of rotatable bonds is 7. The number of fused-ring (bicyclic) bond motifs is 1. The van der Waals surface area contributed by atoms with E-state index in [9.17, 15) is 24.0 Å². The molecule has 8 fully saturated rings. The van der Waals surface area contributed by atoms with Gasteiger partial charge in [0.1, 0.15) is 17.8 Å². The Morgan fingerprint density at radius 2 is 1.70 bits per heavy atom. The second-order valence-electron chi connectivity index (χ2n) is 14.4. The zero-order chi connectivity index (χ0) is 28.2. The van der Waals surface area contributed by atoms with Crippen molar-refractivity contribution >= 4 is 29.8 Å². The van der Waals surface area contributed by atoms with Gasteiger partial charge < -0.3 is 23.7 Å². The predicted octanol–water partition coefficient (Wildman–Crippen LogP) is 3.03. The van der Waals surface area contributed by atoms with Crippen LogP contribution in [0.25, 0.3) is 0 Å². The second-order valence-corrected chi connectivity index (χ2v) is 14.4. The van der Waals surface area contributed by atoms with Crippen molar-refractivity contribution in [3.8, 4) is 0 Å². The van der Waals surface area contributed by atoms with Gasteiger partial charge in [-0.3, -0.25) is 19.2 Å². The minimum absolute atomic E-state index is 0.144. The summed E-state index contributed by atoms with van der Waals surface area (Å²) in [6, 6.07) is 0. The Morgan fingerprint density at radius 3 is 2.35 bits per heavy atom. The molecule has 218 valence electrons. The molecule has 0 N–H and O–H groups in total. The third-order valence-corrected chi connectivity index (χ3v) is 11.5. The summed E-state index contributed by atoms with van der Waals surface area (Å²) in [4.78, 5) is 65.6. The van der Waals surface area contributed by atoms with E-state index < -0.39 is 64.0 Å². The number of hydrogen-bond acceptors (Lipinski definition) is 10. The van der Waals surface area contributed by atoms with Crippen molar-refractivity contribution in [2.24, 2.45) is 39.9 Å². The monoisotopic (exact) mass is 558 g/mol. The van der Waals surface area contributed by atoms with Crippen LogP contribution in [-0.4, -0.2) is 60.4 Å². The van der Waals surface area contributed by atoms with Gasteiger partial charge in [-0.15, -0.1) is 0 Å². The van der Waals surface area contributed by atoms with Crippen LogP contribution in [-0.2, 0) is 47.7 Å². The Bertz CT molecular complexity index is 1170. The van der Waals surface area contributed by atoms with Crippen molar-refractivity contribution < 1.29 is 47.7 Å². The molecule has 0 radical (unpaired) electrons. The van der Waals surface area contributed by atoms with Gasteiger partial charge in [0.2, 0.25) is 6.10 Å². The molecular weight excluding hydrogens is 520 g/mol. The molecule has 6 bridgehead atoms. The van der Waals surface area contributed by atoms with E-state index in [1.54, 1.807) is 0 Å². The Kier molecular flexibility index (Phi) is 5.54. The molecule has 0 amide bonds. The number of esters is 5. The molecule has 6 aliphatic carbocycles. The molecule has 2 heterocycles. The highest BCUT2D eigenvalue weighted by atomic mass is 16.6. The average Bonchev–Trinajstić information content (AvgIpc) is 3.60. The first kappa shape index (κ1) is 26.3. The quantitative estimate of drug-likeness (QED) is 0.261. The molecule has 2 aliphatic heterocycles. The summed E-state index contributed by atoms with van der Waals surface area (Å²) >= 11 is 0. The summed E-state index contributed by atoms with van der Waals surface area (Å²) in [6.45, 7) is 5.83. The van der Waals surface area contributed by atoms with Crippen LogP contribution in [0, 0.1) is 39.9 Å². The van der Waals surface area contributed by atoms with Crippen molar-refractivity contribution in [1.29, 1.82) is 0 Å². The van der Waals surface area contributed by atoms with Gasteiger partial charge in [-0.05, 0) is 77.0 Å². The molecule has 8 atom stereocenters. The van der Waals surface area contributed by atoms with E-state index in [1.807, 2.05) is 20.8 Å². The van der Waals surface area contributed by atoms with E-state index in [0.717, 1.165) is 6.42 Å². The first-order valence-corrected chi connectivity index (χ1v) is 14.9. The van der Waals surface area contributed by atoms with Gasteiger partial charge in [0, 0.05) is 24.7 Å². The van der Waals surface area contributed by atoms with E-state index >= 15 is 0 Å². The van der Waals surface area contributed by atoms with Gasteiger partial charge in [-0.2, -0.15) is 0 Å². The molecule has 0 aromatic rings. The molecule has 40 heavy (non-hydrogen) atoms. The Hall–Kier alpha value is -2.65. The summed E-state index contributed by atoms with van der Waals surface area (Å²) in [6.07, 6.45) is 3.68. The summed E-state index contributed by atoms with van der Waals surface area (Å²) < 4.78 is 28.7. The summed E-state index contributed by atoms with van der Waals surface area (Å²) in [5.74, 6) is -2.48. The highest BCUT2D eigenvalue weighted by molar-refractivity contribution is 6.03. The molecule has 8 rings (SSSR count). The van der Waals surface area contributed by atoms with Crippen LogP contribution < -0.4 is 0 Å². The molecule has 0 aromatic heterocycles. The minimum atomic E-state index is -1.39. The van der Waals surface area contributed by atoms with E-state index in [2.05, 4.69) is 0 Å². The van der Waals surface area contributed by atoms with Crippen LogP contribution in [0.5, 0.6) is 0 Å². The number of carbonyl (C=O) groups excluding carboxylic acids is 5. The Balaban J connectivity index is 1.09. The fourth-order valence-electron chi connectivity index (χ4n) is 9.52. The van der Waals surface area contributed by atoms with Gasteiger partial charge in [-0.25, -0.2) is 4.79 Å². The fraction of sp³-hybridized carbons (Fsp3) is 0.833. The standard InChI is InChI=1S/C30H38O10/c1-4-27(2,3)23(32)38-20-17-8-18-21(20)39-25(34)30(18,13-17)26(35)40-29-11-15-7-16(12-29)10-28(9-15,14-29)24(33)37-19-5-6-36-22(19)31/h15-21H,4-14H2,1-3H3. The van der Waals surface area contributed by atoms with Crippen LogP contribution in [0.3, 0.4) is 0 Å². The summed E-state index contributed by atoms with van der Waals surface area (Å²) in [7, 11) is 0. The van der Waals surface area contributed by atoms with Gasteiger partial charge in [0.15, 0.2) is 5.41 Å². The molecule has 0 spiro atoms. The molecule has 0 aromatic carbocycles. The smallest absolute Gasteiger partial charge is 0.347 e. The van der Waals surface area contributed by atoms with Crippen molar-refractivity contribution in [2.45, 2.75) is 109 Å². The first-order valence-electron chi connectivity index (χ1n) is 14.9. The van der Waals surface area contributed by atoms with Gasteiger partial charge >= 0.3 is 29.8 Å². The van der Waals surface area contributed by atoms with Crippen LogP contribution in [0.1, 0.15) is 85.0 Å². The largest absolute Gasteiger partial charge is 0.463 e. The fourth-order valence-corrected chi connectivity index (χ4v) is 9.52. The SMILES string of the molecule is CCC(C)(C)C(=O)OC1C2CC3C1OC(=O)C3(C(=O)OC13CC4CC(C1)CC(C(=O)OC1CCOC1=O)(C4)C3)C2. The Morgan fingerprint density at radius 1 is 0.975 bits per heavy atom. The van der Waals surface area contributed by atoms with Gasteiger partial charge in [0.25, 0.3) is 0 Å². The van der Waals surface area contributed by atoms with Crippen molar-refractivity contribution in [2.75, 3.05) is 6.61 Å². The molecule has 6 saturated carbocycles. The van der Waals surface area contributed by atoms with Gasteiger partial charge in [-0.1, -0.05) is 6.92 Å². The van der Waals surface area contributed by atoms with Gasteiger partial charge in [0.05, 0.1) is 17.4 Å². The number of ether oxygens (including phenoxy) is 5. The van der Waals surface area contributed by atoms with Crippen molar-refractivity contribution in [1.82, 2.24) is 0 Å². The maximum atomic E-state index is 14.0. The predicted molar refractivity (Wildman–Crippen MR) is 134 cm³/mol. The molecular formula is C30H38O10. The lowest BCUT2D eigenvalue weighted by Gasteiger charge is -2.60. The lowest BCUT2D eigenvalue weighted by atomic mass is 9.48. The van der Waals surface area contributed by atoms with E-state index in [0.29, 0.717) is 51.4 Å².